The summed E-state index contributed by atoms with van der Waals surface area (Å²) in [6.45, 7) is 12.4. The molecule has 0 aliphatic carbocycles. The molecule has 0 fully saturated rings. The van der Waals surface area contributed by atoms with Gasteiger partial charge >= 0.3 is 0 Å². The van der Waals surface area contributed by atoms with Crippen LogP contribution in [-0.4, -0.2) is 34.0 Å². The number of hydrogen-bond donors (Lipinski definition) is 1. The molecule has 2 rings (SSSR count). The van der Waals surface area contributed by atoms with E-state index in [0.29, 0.717) is 18.7 Å². The van der Waals surface area contributed by atoms with Gasteiger partial charge in [-0.3, -0.25) is 9.59 Å². The first kappa shape index (κ1) is 25.0. The number of amides is 2. The van der Waals surface area contributed by atoms with Crippen LogP contribution in [0.15, 0.2) is 48.5 Å². The van der Waals surface area contributed by atoms with Gasteiger partial charge in [0, 0.05) is 17.8 Å². The molecule has 31 heavy (non-hydrogen) atoms. The zero-order chi connectivity index (χ0) is 23.0. The van der Waals surface area contributed by atoms with Gasteiger partial charge in [0.2, 0.25) is 11.8 Å². The molecule has 1 N–H and O–H groups in total. The summed E-state index contributed by atoms with van der Waals surface area (Å²) >= 11 is 1.59. The van der Waals surface area contributed by atoms with Crippen molar-refractivity contribution in [2.24, 2.45) is 0 Å². The van der Waals surface area contributed by atoms with E-state index >= 15 is 0 Å². The summed E-state index contributed by atoms with van der Waals surface area (Å²) in [5.74, 6) is 1.02. The molecule has 0 saturated carbocycles. The predicted molar refractivity (Wildman–Crippen MR) is 131 cm³/mol. The fourth-order valence-corrected chi connectivity index (χ4v) is 4.24. The Kier molecular flexibility index (Phi) is 9.17. The topological polar surface area (TPSA) is 49.4 Å². The maximum atomic E-state index is 13.3. The molecule has 4 nitrogen and oxygen atoms in total. The van der Waals surface area contributed by atoms with Crippen molar-refractivity contribution in [3.63, 3.8) is 0 Å². The van der Waals surface area contributed by atoms with Gasteiger partial charge in [0.25, 0.3) is 0 Å². The lowest BCUT2D eigenvalue weighted by Gasteiger charge is -2.33. The second-order valence-electron chi connectivity index (χ2n) is 9.09. The molecule has 1 unspecified atom stereocenters. The molecule has 2 aromatic carbocycles. The third-order valence-electron chi connectivity index (χ3n) is 5.10. The van der Waals surface area contributed by atoms with Crippen LogP contribution in [0.4, 0.5) is 0 Å². The van der Waals surface area contributed by atoms with Crippen LogP contribution in [0.2, 0.25) is 0 Å². The predicted octanol–water partition coefficient (Wildman–Crippen LogP) is 5.26. The van der Waals surface area contributed by atoms with Crippen LogP contribution in [0.25, 0.3) is 0 Å². The van der Waals surface area contributed by atoms with Gasteiger partial charge in [-0.2, -0.15) is 0 Å². The number of benzene rings is 2. The third kappa shape index (κ3) is 8.06. The van der Waals surface area contributed by atoms with Crippen LogP contribution in [0, 0.1) is 13.8 Å². The van der Waals surface area contributed by atoms with Gasteiger partial charge in [-0.05, 0) is 57.7 Å². The zero-order valence-electron chi connectivity index (χ0n) is 19.7. The van der Waals surface area contributed by atoms with E-state index in [0.717, 1.165) is 16.9 Å². The Morgan fingerprint density at radius 1 is 1.03 bits per heavy atom. The van der Waals surface area contributed by atoms with E-state index in [9.17, 15) is 9.59 Å². The number of hydrogen-bond acceptors (Lipinski definition) is 3. The number of thioether (sulfide) groups is 1. The minimum Gasteiger partial charge on any atom is -0.350 e. The molecule has 0 aliphatic rings. The second kappa shape index (κ2) is 11.4. The fourth-order valence-electron chi connectivity index (χ4n) is 3.37. The van der Waals surface area contributed by atoms with Crippen molar-refractivity contribution >= 4 is 23.6 Å². The van der Waals surface area contributed by atoms with Crippen LogP contribution < -0.4 is 5.32 Å². The Morgan fingerprint density at radius 2 is 1.68 bits per heavy atom. The highest BCUT2D eigenvalue weighted by molar-refractivity contribution is 7.99. The van der Waals surface area contributed by atoms with Crippen molar-refractivity contribution in [2.75, 3.05) is 5.75 Å². The molecule has 0 radical (unpaired) electrons. The molecule has 0 saturated heterocycles. The van der Waals surface area contributed by atoms with E-state index in [1.165, 1.54) is 11.1 Å². The smallest absolute Gasteiger partial charge is 0.243 e. The molecular formula is C26H36N2O2S. The normalized spacial score (nSPS) is 12.3. The summed E-state index contributed by atoms with van der Waals surface area (Å²) < 4.78 is 0. The van der Waals surface area contributed by atoms with E-state index in [1.807, 2.05) is 58.9 Å². The van der Waals surface area contributed by atoms with Gasteiger partial charge in [-0.15, -0.1) is 11.8 Å². The monoisotopic (exact) mass is 440 g/mol. The molecule has 1 atom stereocenters. The first-order chi connectivity index (χ1) is 14.6. The highest BCUT2D eigenvalue weighted by atomic mass is 32.2. The lowest BCUT2D eigenvalue weighted by Crippen LogP contribution is -2.53. The van der Waals surface area contributed by atoms with Crippen LogP contribution in [0.5, 0.6) is 0 Å². The average Bonchev–Trinajstić information content (AvgIpc) is 2.69. The molecule has 0 aliphatic heterocycles. The van der Waals surface area contributed by atoms with E-state index in [-0.39, 0.29) is 17.4 Å². The van der Waals surface area contributed by atoms with Gasteiger partial charge in [-0.1, -0.05) is 61.0 Å². The molecule has 0 spiro atoms. The lowest BCUT2D eigenvalue weighted by atomic mass is 10.0. The summed E-state index contributed by atoms with van der Waals surface area (Å²) in [4.78, 5) is 28.1. The summed E-state index contributed by atoms with van der Waals surface area (Å²) in [5, 5.41) is 3.05. The standard InChI is InChI=1S/C26H36N2O2S/c1-7-23(25(30)27-26(4,5)6)28(16-22-11-9-8-10-20(22)3)24(29)18-31-17-21-14-12-19(2)13-15-21/h8-15,23H,7,16-18H2,1-6H3,(H,27,30). The summed E-state index contributed by atoms with van der Waals surface area (Å²) in [7, 11) is 0. The van der Waals surface area contributed by atoms with Crippen molar-refractivity contribution < 1.29 is 9.59 Å². The molecule has 0 bridgehead atoms. The van der Waals surface area contributed by atoms with E-state index in [1.54, 1.807) is 16.7 Å². The number of aryl methyl sites for hydroxylation is 2. The largest absolute Gasteiger partial charge is 0.350 e. The zero-order valence-corrected chi connectivity index (χ0v) is 20.5. The molecule has 0 heterocycles. The molecule has 2 amide bonds. The van der Waals surface area contributed by atoms with Crippen molar-refractivity contribution in [1.82, 2.24) is 10.2 Å². The SMILES string of the molecule is CCC(C(=O)NC(C)(C)C)N(Cc1ccccc1C)C(=O)CSCc1ccc(C)cc1. The lowest BCUT2D eigenvalue weighted by molar-refractivity contribution is -0.140. The Morgan fingerprint density at radius 3 is 2.26 bits per heavy atom. The van der Waals surface area contributed by atoms with Crippen LogP contribution in [-0.2, 0) is 21.9 Å². The summed E-state index contributed by atoms with van der Waals surface area (Å²) in [6, 6.07) is 15.9. The van der Waals surface area contributed by atoms with Crippen molar-refractivity contribution in [1.29, 1.82) is 0 Å². The summed E-state index contributed by atoms with van der Waals surface area (Å²) in [6.07, 6.45) is 0.572. The van der Waals surface area contributed by atoms with Gasteiger partial charge in [0.1, 0.15) is 6.04 Å². The third-order valence-corrected chi connectivity index (χ3v) is 6.09. The molecule has 2 aromatic rings. The number of carbonyl (C=O) groups is 2. The average molecular weight is 441 g/mol. The fraction of sp³-hybridized carbons (Fsp3) is 0.462. The molecule has 168 valence electrons. The maximum Gasteiger partial charge on any atom is 0.243 e. The van der Waals surface area contributed by atoms with Crippen LogP contribution >= 0.6 is 11.8 Å². The Labute approximate surface area is 191 Å². The minimum atomic E-state index is -0.494. The Bertz CT molecular complexity index is 872. The second-order valence-corrected chi connectivity index (χ2v) is 10.1. The minimum absolute atomic E-state index is 0.00345. The van der Waals surface area contributed by atoms with E-state index < -0.39 is 6.04 Å². The van der Waals surface area contributed by atoms with E-state index in [4.69, 9.17) is 0 Å². The number of nitrogens with one attached hydrogen (secondary N) is 1. The van der Waals surface area contributed by atoms with Crippen molar-refractivity contribution in [2.45, 2.75) is 71.8 Å². The van der Waals surface area contributed by atoms with Gasteiger partial charge in [0.15, 0.2) is 0 Å². The molecule has 0 aromatic heterocycles. The molecular weight excluding hydrogens is 404 g/mol. The number of rotatable bonds is 9. The van der Waals surface area contributed by atoms with Gasteiger partial charge < -0.3 is 10.2 Å². The van der Waals surface area contributed by atoms with Crippen molar-refractivity contribution in [3.05, 3.63) is 70.8 Å². The maximum absolute atomic E-state index is 13.3. The highest BCUT2D eigenvalue weighted by Gasteiger charge is 2.30. The Hall–Kier alpha value is -2.27. The van der Waals surface area contributed by atoms with Crippen LogP contribution in [0.1, 0.15) is 56.4 Å². The van der Waals surface area contributed by atoms with Crippen molar-refractivity contribution in [3.8, 4) is 0 Å². The number of nitrogens with zero attached hydrogens (tertiary/aromatic N) is 1. The van der Waals surface area contributed by atoms with Gasteiger partial charge in [-0.25, -0.2) is 0 Å². The van der Waals surface area contributed by atoms with Crippen LogP contribution in [0.3, 0.4) is 0 Å². The van der Waals surface area contributed by atoms with E-state index in [2.05, 4.69) is 36.5 Å². The Balaban J connectivity index is 2.16. The van der Waals surface area contributed by atoms with Gasteiger partial charge in [0.05, 0.1) is 5.75 Å². The number of carbonyl (C=O) groups excluding carboxylic acids is 2. The molecule has 5 heteroatoms. The first-order valence-electron chi connectivity index (χ1n) is 10.9. The summed E-state index contributed by atoms with van der Waals surface area (Å²) in [5.41, 5.74) is 4.28. The quantitative estimate of drug-likeness (QED) is 0.579. The first-order valence-corrected chi connectivity index (χ1v) is 12.1. The highest BCUT2D eigenvalue weighted by Crippen LogP contribution is 2.19.